The molecule has 1 amide bonds. The second-order valence-electron chi connectivity index (χ2n) is 6.16. The summed E-state index contributed by atoms with van der Waals surface area (Å²) in [6.07, 6.45) is 2.37. The molecule has 1 N–H and O–H groups in total. The van der Waals surface area contributed by atoms with Gasteiger partial charge in [0.25, 0.3) is 0 Å². The molecule has 0 bridgehead atoms. The first-order chi connectivity index (χ1) is 12.1. The number of ether oxygens (including phenoxy) is 1. The Hall–Kier alpha value is -2.35. The Morgan fingerprint density at radius 1 is 1.44 bits per heavy atom. The summed E-state index contributed by atoms with van der Waals surface area (Å²) in [5.74, 6) is -1.10. The number of halogens is 2. The van der Waals surface area contributed by atoms with Crippen molar-refractivity contribution in [1.82, 2.24) is 20.1 Å². The van der Waals surface area contributed by atoms with Crippen LogP contribution in [0.15, 0.2) is 24.5 Å². The van der Waals surface area contributed by atoms with E-state index in [1.54, 1.807) is 11.9 Å². The Bertz CT molecular complexity index is 723. The van der Waals surface area contributed by atoms with E-state index in [-0.39, 0.29) is 36.3 Å². The van der Waals surface area contributed by atoms with Gasteiger partial charge in [0.15, 0.2) is 11.6 Å². The van der Waals surface area contributed by atoms with Crippen LogP contribution in [0.1, 0.15) is 30.1 Å². The largest absolute Gasteiger partial charge is 0.376 e. The lowest BCUT2D eigenvalue weighted by Gasteiger charge is -2.24. The first-order valence-electron chi connectivity index (χ1n) is 8.20. The van der Waals surface area contributed by atoms with Crippen molar-refractivity contribution in [2.45, 2.75) is 31.3 Å². The highest BCUT2D eigenvalue weighted by molar-refractivity contribution is 5.76. The Labute approximate surface area is 144 Å². The predicted octanol–water partition coefficient (Wildman–Crippen LogP) is 2.05. The number of hydrogen-bond acceptors (Lipinski definition) is 4. The molecule has 134 valence electrons. The molecule has 8 heteroatoms. The van der Waals surface area contributed by atoms with E-state index in [1.807, 2.05) is 0 Å². The molecule has 0 unspecified atom stereocenters. The molecule has 0 radical (unpaired) electrons. The standard InChI is InChI=1S/C17H20F2N4O2/c1-23(9-14-12(7-8-25-14)17-20-10-21-22-17)15(24)6-5-11-3-2-4-13(18)16(11)19/h2-4,10,12,14H,5-9H2,1H3,(H,20,21,22)/t12-,14-/m1/s1. The maximum absolute atomic E-state index is 13.7. The third-order valence-electron chi connectivity index (χ3n) is 4.51. The number of aromatic amines is 1. The average Bonchev–Trinajstić information content (AvgIpc) is 3.27. The fraction of sp³-hybridized carbons (Fsp3) is 0.471. The third kappa shape index (κ3) is 4.01. The van der Waals surface area contributed by atoms with E-state index in [1.165, 1.54) is 18.5 Å². The number of H-pyrrole nitrogens is 1. The van der Waals surface area contributed by atoms with E-state index >= 15 is 0 Å². The van der Waals surface area contributed by atoms with Crippen LogP contribution in [0.3, 0.4) is 0 Å². The van der Waals surface area contributed by atoms with Crippen LogP contribution in [-0.2, 0) is 16.0 Å². The highest BCUT2D eigenvalue weighted by atomic mass is 19.2. The summed E-state index contributed by atoms with van der Waals surface area (Å²) >= 11 is 0. The van der Waals surface area contributed by atoms with Crippen LogP contribution in [-0.4, -0.2) is 52.3 Å². The molecule has 0 spiro atoms. The number of hydrogen-bond donors (Lipinski definition) is 1. The van der Waals surface area contributed by atoms with Gasteiger partial charge < -0.3 is 9.64 Å². The Morgan fingerprint density at radius 2 is 2.28 bits per heavy atom. The molecule has 1 aromatic carbocycles. The van der Waals surface area contributed by atoms with Gasteiger partial charge in [-0.15, -0.1) is 0 Å². The van der Waals surface area contributed by atoms with Gasteiger partial charge in [-0.2, -0.15) is 5.10 Å². The normalized spacial score (nSPS) is 20.0. The number of amides is 1. The number of nitrogens with one attached hydrogen (secondary N) is 1. The van der Waals surface area contributed by atoms with Gasteiger partial charge >= 0.3 is 0 Å². The molecule has 1 aliphatic rings. The molecule has 3 rings (SSSR count). The molecule has 0 saturated carbocycles. The lowest BCUT2D eigenvalue weighted by Crippen LogP contribution is -2.36. The molecular weight excluding hydrogens is 330 g/mol. The number of aryl methyl sites for hydroxylation is 1. The molecule has 2 heterocycles. The molecule has 1 saturated heterocycles. The Morgan fingerprint density at radius 3 is 3.04 bits per heavy atom. The van der Waals surface area contributed by atoms with E-state index in [0.29, 0.717) is 13.2 Å². The number of carbonyl (C=O) groups is 1. The summed E-state index contributed by atoms with van der Waals surface area (Å²) in [6.45, 7) is 1.02. The maximum atomic E-state index is 13.7. The van der Waals surface area contributed by atoms with Crippen molar-refractivity contribution in [3.63, 3.8) is 0 Å². The lowest BCUT2D eigenvalue weighted by atomic mass is 10.00. The van der Waals surface area contributed by atoms with Gasteiger partial charge in [-0.25, -0.2) is 13.8 Å². The molecular formula is C17H20F2N4O2. The van der Waals surface area contributed by atoms with Gasteiger partial charge in [-0.05, 0) is 24.5 Å². The van der Waals surface area contributed by atoms with Crippen molar-refractivity contribution in [1.29, 1.82) is 0 Å². The lowest BCUT2D eigenvalue weighted by molar-refractivity contribution is -0.131. The van der Waals surface area contributed by atoms with Crippen LogP contribution in [0, 0.1) is 11.6 Å². The summed E-state index contributed by atoms with van der Waals surface area (Å²) in [4.78, 5) is 18.0. The van der Waals surface area contributed by atoms with Crippen molar-refractivity contribution in [2.24, 2.45) is 0 Å². The molecule has 1 aliphatic heterocycles. The fourth-order valence-corrected chi connectivity index (χ4v) is 3.08. The minimum atomic E-state index is -0.896. The second kappa shape index (κ2) is 7.69. The van der Waals surface area contributed by atoms with Crippen LogP contribution in [0.5, 0.6) is 0 Å². The van der Waals surface area contributed by atoms with Crippen LogP contribution in [0.2, 0.25) is 0 Å². The number of carbonyl (C=O) groups excluding carboxylic acids is 1. The summed E-state index contributed by atoms with van der Waals surface area (Å²) in [5.41, 5.74) is 0.207. The molecule has 2 aromatic rings. The topological polar surface area (TPSA) is 71.1 Å². The van der Waals surface area contributed by atoms with Gasteiger partial charge in [-0.3, -0.25) is 9.89 Å². The number of benzene rings is 1. The predicted molar refractivity (Wildman–Crippen MR) is 85.8 cm³/mol. The van der Waals surface area contributed by atoms with Gasteiger partial charge in [0.1, 0.15) is 12.2 Å². The maximum Gasteiger partial charge on any atom is 0.222 e. The summed E-state index contributed by atoms with van der Waals surface area (Å²) in [6, 6.07) is 4.00. The molecule has 25 heavy (non-hydrogen) atoms. The highest BCUT2D eigenvalue weighted by Gasteiger charge is 2.33. The smallest absolute Gasteiger partial charge is 0.222 e. The summed E-state index contributed by atoms with van der Waals surface area (Å²) < 4.78 is 32.6. The molecule has 1 fully saturated rings. The minimum absolute atomic E-state index is 0.0680. The molecule has 6 nitrogen and oxygen atoms in total. The van der Waals surface area contributed by atoms with E-state index in [0.717, 1.165) is 18.3 Å². The van der Waals surface area contributed by atoms with Crippen LogP contribution in [0.25, 0.3) is 0 Å². The molecule has 2 atom stereocenters. The molecule has 1 aromatic heterocycles. The highest BCUT2D eigenvalue weighted by Crippen LogP contribution is 2.29. The SMILES string of the molecule is CN(C[C@H]1OCC[C@H]1c1ncn[nH]1)C(=O)CCc1cccc(F)c1F. The van der Waals surface area contributed by atoms with Crippen LogP contribution in [0.4, 0.5) is 8.78 Å². The minimum Gasteiger partial charge on any atom is -0.376 e. The Kier molecular flexibility index (Phi) is 5.37. The quantitative estimate of drug-likeness (QED) is 0.866. The number of likely N-dealkylation sites (N-methyl/N-ethyl adjacent to an activating group) is 1. The first kappa shape index (κ1) is 17.5. The van der Waals surface area contributed by atoms with Crippen molar-refractivity contribution in [3.8, 4) is 0 Å². The van der Waals surface area contributed by atoms with Crippen molar-refractivity contribution >= 4 is 5.91 Å². The Balaban J connectivity index is 1.55. The zero-order valence-electron chi connectivity index (χ0n) is 13.9. The number of nitrogens with zero attached hydrogens (tertiary/aromatic N) is 3. The van der Waals surface area contributed by atoms with Crippen LogP contribution >= 0.6 is 0 Å². The number of rotatable bonds is 6. The zero-order valence-corrected chi connectivity index (χ0v) is 13.9. The fourth-order valence-electron chi connectivity index (χ4n) is 3.08. The molecule has 0 aliphatic carbocycles. The third-order valence-corrected chi connectivity index (χ3v) is 4.51. The van der Waals surface area contributed by atoms with Crippen molar-refractivity contribution in [3.05, 3.63) is 47.5 Å². The van der Waals surface area contributed by atoms with Gasteiger partial charge in [0.2, 0.25) is 5.91 Å². The van der Waals surface area contributed by atoms with Gasteiger partial charge in [0.05, 0.1) is 6.10 Å². The van der Waals surface area contributed by atoms with Crippen molar-refractivity contribution < 1.29 is 18.3 Å². The van der Waals surface area contributed by atoms with Crippen LogP contribution < -0.4 is 0 Å². The number of aromatic nitrogens is 3. The van der Waals surface area contributed by atoms with Gasteiger partial charge in [0, 0.05) is 32.5 Å². The zero-order chi connectivity index (χ0) is 17.8. The van der Waals surface area contributed by atoms with Crippen molar-refractivity contribution in [2.75, 3.05) is 20.2 Å². The first-order valence-corrected chi connectivity index (χ1v) is 8.20. The monoisotopic (exact) mass is 350 g/mol. The van der Waals surface area contributed by atoms with E-state index in [2.05, 4.69) is 15.2 Å². The van der Waals surface area contributed by atoms with E-state index in [9.17, 15) is 13.6 Å². The summed E-state index contributed by atoms with van der Waals surface area (Å²) in [7, 11) is 1.68. The van der Waals surface area contributed by atoms with Gasteiger partial charge in [-0.1, -0.05) is 12.1 Å². The van der Waals surface area contributed by atoms with E-state index < -0.39 is 11.6 Å². The second-order valence-corrected chi connectivity index (χ2v) is 6.16. The van der Waals surface area contributed by atoms with E-state index in [4.69, 9.17) is 4.74 Å². The summed E-state index contributed by atoms with van der Waals surface area (Å²) in [5, 5.41) is 6.70. The average molecular weight is 350 g/mol.